The van der Waals surface area contributed by atoms with E-state index in [1.165, 1.54) is 0 Å². The molecule has 80 valence electrons. The molecule has 1 aromatic rings. The van der Waals surface area contributed by atoms with Crippen molar-refractivity contribution in [1.82, 2.24) is 0 Å². The van der Waals surface area contributed by atoms with Crippen LogP contribution in [0.15, 0.2) is 23.2 Å². The summed E-state index contributed by atoms with van der Waals surface area (Å²) in [6, 6.07) is 6.29. The molecule has 1 heterocycles. The van der Waals surface area contributed by atoms with E-state index in [0.717, 1.165) is 27.2 Å². The molecule has 1 aromatic carbocycles. The van der Waals surface area contributed by atoms with Crippen LogP contribution < -0.4 is 5.32 Å². The molecule has 0 amide bonds. The Morgan fingerprint density at radius 1 is 1.53 bits per heavy atom. The first-order valence-corrected chi connectivity index (χ1v) is 6.26. The third-order valence-electron chi connectivity index (χ3n) is 2.25. The van der Waals surface area contributed by atoms with Gasteiger partial charge in [0.2, 0.25) is 0 Å². The molecule has 2 nitrogen and oxygen atoms in total. The van der Waals surface area contributed by atoms with Crippen molar-refractivity contribution in [2.24, 2.45) is 4.99 Å². The van der Waals surface area contributed by atoms with E-state index >= 15 is 0 Å². The van der Waals surface area contributed by atoms with Crippen LogP contribution in [0, 0.1) is 6.92 Å². The summed E-state index contributed by atoms with van der Waals surface area (Å²) in [5, 5.41) is 5.01. The van der Waals surface area contributed by atoms with Crippen LogP contribution in [0.4, 0.5) is 5.69 Å². The summed E-state index contributed by atoms with van der Waals surface area (Å²) in [7, 11) is 0. The molecule has 2 rings (SSSR count). The Morgan fingerprint density at radius 3 is 2.93 bits per heavy atom. The quantitative estimate of drug-likeness (QED) is 0.812. The second-order valence-corrected chi connectivity index (χ2v) is 5.07. The number of hydrogen-bond donors (Lipinski definition) is 1. The van der Waals surface area contributed by atoms with E-state index in [1.54, 1.807) is 11.8 Å². The first-order chi connectivity index (χ1) is 7.16. The van der Waals surface area contributed by atoms with E-state index in [4.69, 9.17) is 11.6 Å². The summed E-state index contributed by atoms with van der Waals surface area (Å²) in [4.78, 5) is 4.48. The Bertz CT molecular complexity index is 383. The number of aryl methyl sites for hydroxylation is 1. The van der Waals surface area contributed by atoms with E-state index in [-0.39, 0.29) is 0 Å². The molecule has 0 radical (unpaired) electrons. The lowest BCUT2D eigenvalue weighted by Gasteiger charge is -2.10. The molecule has 0 aliphatic carbocycles. The van der Waals surface area contributed by atoms with Crippen LogP contribution >= 0.6 is 23.4 Å². The molecule has 0 fully saturated rings. The summed E-state index contributed by atoms with van der Waals surface area (Å²) in [6.07, 6.45) is 0. The number of nitrogens with one attached hydrogen (secondary N) is 1. The second kappa shape index (κ2) is 4.45. The number of aliphatic imine (C=N–C) groups is 1. The molecule has 0 saturated carbocycles. The minimum absolute atomic E-state index is 0.403. The van der Waals surface area contributed by atoms with Crippen molar-refractivity contribution in [1.29, 1.82) is 0 Å². The first-order valence-electron chi connectivity index (χ1n) is 4.89. The molecule has 1 aliphatic heterocycles. The molecular weight excluding hydrogens is 228 g/mol. The molecule has 0 aromatic heterocycles. The summed E-state index contributed by atoms with van der Waals surface area (Å²) < 4.78 is 0. The summed E-state index contributed by atoms with van der Waals surface area (Å²) in [5.74, 6) is 1.05. The van der Waals surface area contributed by atoms with Gasteiger partial charge in [-0.25, -0.2) is 0 Å². The standard InChI is InChI=1S/C11H13ClN2S/c1-7-4-3-5-9(12)10(7)14-11-13-8(2)6-15-11/h3-5,8H,6H2,1-2H3,(H,13,14). The fourth-order valence-electron chi connectivity index (χ4n) is 1.44. The Morgan fingerprint density at radius 2 is 2.33 bits per heavy atom. The number of para-hydroxylation sites is 1. The third-order valence-corrected chi connectivity index (χ3v) is 3.70. The fourth-order valence-corrected chi connectivity index (χ4v) is 2.61. The molecule has 1 atom stereocenters. The largest absolute Gasteiger partial charge is 0.334 e. The summed E-state index contributed by atoms with van der Waals surface area (Å²) in [5.41, 5.74) is 2.12. The second-order valence-electron chi connectivity index (χ2n) is 3.65. The SMILES string of the molecule is Cc1cccc(Cl)c1NC1=NC(C)CS1. The highest BCUT2D eigenvalue weighted by Gasteiger charge is 2.15. The predicted molar refractivity (Wildman–Crippen MR) is 69.2 cm³/mol. The van der Waals surface area contributed by atoms with Gasteiger partial charge in [-0.1, -0.05) is 35.5 Å². The molecule has 0 bridgehead atoms. The highest BCUT2D eigenvalue weighted by molar-refractivity contribution is 8.14. The number of nitrogens with zero attached hydrogens (tertiary/aromatic N) is 1. The van der Waals surface area contributed by atoms with Gasteiger partial charge >= 0.3 is 0 Å². The highest BCUT2D eigenvalue weighted by atomic mass is 35.5. The zero-order valence-electron chi connectivity index (χ0n) is 8.75. The zero-order valence-corrected chi connectivity index (χ0v) is 10.3. The van der Waals surface area contributed by atoms with Gasteiger partial charge in [0.25, 0.3) is 0 Å². The van der Waals surface area contributed by atoms with Gasteiger partial charge in [0, 0.05) is 5.75 Å². The lowest BCUT2D eigenvalue weighted by molar-refractivity contribution is 0.865. The minimum atomic E-state index is 0.403. The van der Waals surface area contributed by atoms with Gasteiger partial charge in [-0.3, -0.25) is 4.99 Å². The zero-order chi connectivity index (χ0) is 10.8. The number of rotatable bonds is 1. The van der Waals surface area contributed by atoms with Gasteiger partial charge in [0.1, 0.15) is 0 Å². The Kier molecular flexibility index (Phi) is 3.22. The number of halogens is 1. The van der Waals surface area contributed by atoms with Crippen molar-refractivity contribution in [2.45, 2.75) is 19.9 Å². The maximum Gasteiger partial charge on any atom is 0.161 e. The van der Waals surface area contributed by atoms with Crippen LogP contribution in [0.3, 0.4) is 0 Å². The third kappa shape index (κ3) is 2.47. The number of hydrogen-bond acceptors (Lipinski definition) is 3. The Hall–Kier alpha value is -0.670. The van der Waals surface area contributed by atoms with Crippen molar-refractivity contribution in [3.8, 4) is 0 Å². The minimum Gasteiger partial charge on any atom is -0.334 e. The van der Waals surface area contributed by atoms with Crippen molar-refractivity contribution in [3.63, 3.8) is 0 Å². The first kappa shape index (κ1) is 10.8. The van der Waals surface area contributed by atoms with E-state index < -0.39 is 0 Å². The number of amidine groups is 1. The van der Waals surface area contributed by atoms with Gasteiger partial charge in [0.05, 0.1) is 16.8 Å². The Labute approximate surface area is 99.1 Å². The average molecular weight is 241 g/mol. The molecule has 1 unspecified atom stereocenters. The van der Waals surface area contributed by atoms with Crippen LogP contribution in [0.1, 0.15) is 12.5 Å². The topological polar surface area (TPSA) is 24.4 Å². The van der Waals surface area contributed by atoms with E-state index in [0.29, 0.717) is 6.04 Å². The van der Waals surface area contributed by atoms with E-state index in [2.05, 4.69) is 17.2 Å². The molecular formula is C11H13ClN2S. The van der Waals surface area contributed by atoms with Crippen LogP contribution in [-0.2, 0) is 0 Å². The molecule has 4 heteroatoms. The maximum atomic E-state index is 6.12. The van der Waals surface area contributed by atoms with Crippen molar-refractivity contribution in [2.75, 3.05) is 11.1 Å². The monoisotopic (exact) mass is 240 g/mol. The fraction of sp³-hybridized carbons (Fsp3) is 0.364. The summed E-state index contributed by atoms with van der Waals surface area (Å²) >= 11 is 7.86. The van der Waals surface area contributed by atoms with Crippen LogP contribution in [-0.4, -0.2) is 17.0 Å². The van der Waals surface area contributed by atoms with E-state index in [1.807, 2.05) is 25.1 Å². The van der Waals surface area contributed by atoms with Crippen LogP contribution in [0.5, 0.6) is 0 Å². The Balaban J connectivity index is 2.21. The smallest absolute Gasteiger partial charge is 0.161 e. The molecule has 15 heavy (non-hydrogen) atoms. The molecule has 0 spiro atoms. The molecule has 1 aliphatic rings. The predicted octanol–water partition coefficient (Wildman–Crippen LogP) is 3.55. The number of benzene rings is 1. The van der Waals surface area contributed by atoms with Gasteiger partial charge in [-0.2, -0.15) is 0 Å². The molecule has 1 N–H and O–H groups in total. The van der Waals surface area contributed by atoms with Crippen molar-refractivity contribution in [3.05, 3.63) is 28.8 Å². The van der Waals surface area contributed by atoms with Gasteiger partial charge in [-0.15, -0.1) is 0 Å². The lowest BCUT2D eigenvalue weighted by atomic mass is 10.2. The van der Waals surface area contributed by atoms with Crippen molar-refractivity contribution < 1.29 is 0 Å². The highest BCUT2D eigenvalue weighted by Crippen LogP contribution is 2.28. The average Bonchev–Trinajstić information content (AvgIpc) is 2.58. The van der Waals surface area contributed by atoms with Gasteiger partial charge in [-0.05, 0) is 25.5 Å². The van der Waals surface area contributed by atoms with Crippen molar-refractivity contribution >= 4 is 34.2 Å². The van der Waals surface area contributed by atoms with Crippen LogP contribution in [0.2, 0.25) is 5.02 Å². The van der Waals surface area contributed by atoms with Gasteiger partial charge in [0.15, 0.2) is 5.17 Å². The normalized spacial score (nSPS) is 20.2. The number of anilines is 1. The van der Waals surface area contributed by atoms with Crippen LogP contribution in [0.25, 0.3) is 0 Å². The lowest BCUT2D eigenvalue weighted by Crippen LogP contribution is -2.06. The summed E-state index contributed by atoms with van der Waals surface area (Å²) in [6.45, 7) is 4.15. The van der Waals surface area contributed by atoms with E-state index in [9.17, 15) is 0 Å². The molecule has 0 saturated heterocycles. The van der Waals surface area contributed by atoms with Gasteiger partial charge < -0.3 is 5.32 Å². The number of thioether (sulfide) groups is 1. The maximum absolute atomic E-state index is 6.12.